The Balaban J connectivity index is 1.53. The molecule has 0 saturated carbocycles. The minimum Gasteiger partial charge on any atom is -0.394 e. The van der Waals surface area contributed by atoms with E-state index in [2.05, 4.69) is 31.0 Å². The molecule has 0 saturated heterocycles. The van der Waals surface area contributed by atoms with Gasteiger partial charge in [0, 0.05) is 41.4 Å². The summed E-state index contributed by atoms with van der Waals surface area (Å²) in [6.45, 7) is 1.66. The highest BCUT2D eigenvalue weighted by Gasteiger charge is 2.37. The van der Waals surface area contributed by atoms with Gasteiger partial charge in [0.05, 0.1) is 30.5 Å². The van der Waals surface area contributed by atoms with Crippen LogP contribution in [0.2, 0.25) is 0 Å². The first kappa shape index (κ1) is 27.4. The molecule has 1 aliphatic heterocycles. The van der Waals surface area contributed by atoms with Crippen LogP contribution in [0.1, 0.15) is 22.3 Å². The molecule has 3 heterocycles. The monoisotopic (exact) mass is 563 g/mol. The van der Waals surface area contributed by atoms with Gasteiger partial charge in [0.25, 0.3) is 0 Å². The molecule has 4 aromatic rings. The van der Waals surface area contributed by atoms with Crippen LogP contribution in [0.3, 0.4) is 0 Å². The van der Waals surface area contributed by atoms with E-state index in [1.807, 2.05) is 18.2 Å². The van der Waals surface area contributed by atoms with E-state index in [1.54, 1.807) is 6.20 Å². The zero-order valence-electron chi connectivity index (χ0n) is 20.7. The molecule has 0 amide bonds. The zero-order chi connectivity index (χ0) is 28.5. The maximum atomic E-state index is 13.3. The van der Waals surface area contributed by atoms with E-state index in [0.717, 1.165) is 18.5 Å². The number of benzene rings is 2. The molecule has 0 unspecified atom stereocenters. The second-order valence-electron chi connectivity index (χ2n) is 9.13. The quantitative estimate of drug-likeness (QED) is 0.220. The van der Waals surface area contributed by atoms with Crippen molar-refractivity contribution in [3.8, 4) is 11.1 Å². The highest BCUT2D eigenvalue weighted by Crippen LogP contribution is 2.38. The van der Waals surface area contributed by atoms with Gasteiger partial charge < -0.3 is 21.1 Å². The Morgan fingerprint density at radius 3 is 2.35 bits per heavy atom. The van der Waals surface area contributed by atoms with Gasteiger partial charge in [-0.2, -0.15) is 36.4 Å². The zero-order valence-corrected chi connectivity index (χ0v) is 20.7. The predicted octanol–water partition coefficient (Wildman–Crippen LogP) is 5.50. The maximum Gasteiger partial charge on any atom is 0.416 e. The number of hydrogen-bond donors (Lipinski definition) is 4. The van der Waals surface area contributed by atoms with Crippen LogP contribution in [0.5, 0.6) is 0 Å². The maximum absolute atomic E-state index is 13.3. The molecule has 1 aliphatic rings. The van der Waals surface area contributed by atoms with Crippen LogP contribution in [0.4, 0.5) is 49.5 Å². The molecule has 5 rings (SSSR count). The molecule has 8 nitrogen and oxygen atoms in total. The number of hydrogen-bond acceptors (Lipinski definition) is 7. The first-order chi connectivity index (χ1) is 19.0. The number of halogens is 6. The minimum atomic E-state index is -4.99. The molecule has 14 heteroatoms. The standard InChI is InChI=1S/C26H23F6N7O/c27-25(28,29)18-8-19(26(30,31)32)10-21(9-18)37-24-34-13-22(17-12-35-39(14-17)5-6-40)23(38-24)36-20-2-1-15-3-4-33-11-16(15)7-20/h1-2,7-10,12-14,33,40H,3-6,11H2,(H2,34,36,37,38). The van der Waals surface area contributed by atoms with E-state index in [0.29, 0.717) is 35.5 Å². The number of aromatic nitrogens is 4. The summed E-state index contributed by atoms with van der Waals surface area (Å²) in [4.78, 5) is 8.53. The average Bonchev–Trinajstić information content (AvgIpc) is 3.36. The van der Waals surface area contributed by atoms with Gasteiger partial charge in [-0.3, -0.25) is 4.68 Å². The third kappa shape index (κ3) is 6.18. The van der Waals surface area contributed by atoms with Gasteiger partial charge in [0.2, 0.25) is 5.95 Å². The van der Waals surface area contributed by atoms with Gasteiger partial charge in [0.1, 0.15) is 5.82 Å². The summed E-state index contributed by atoms with van der Waals surface area (Å²) in [6, 6.07) is 6.97. The number of nitrogens with zero attached hydrogens (tertiary/aromatic N) is 4. The lowest BCUT2D eigenvalue weighted by Crippen LogP contribution is -2.23. The van der Waals surface area contributed by atoms with Crippen molar-refractivity contribution in [1.29, 1.82) is 0 Å². The molecule has 4 N–H and O–H groups in total. The molecule has 2 aromatic heterocycles. The van der Waals surface area contributed by atoms with Gasteiger partial charge in [-0.15, -0.1) is 0 Å². The van der Waals surface area contributed by atoms with Crippen LogP contribution in [-0.4, -0.2) is 38.0 Å². The second-order valence-corrected chi connectivity index (χ2v) is 9.13. The summed E-state index contributed by atoms with van der Waals surface area (Å²) >= 11 is 0. The van der Waals surface area contributed by atoms with E-state index >= 15 is 0 Å². The highest BCUT2D eigenvalue weighted by molar-refractivity contribution is 5.78. The Hall–Kier alpha value is -4.17. The first-order valence-electron chi connectivity index (χ1n) is 12.2. The van der Waals surface area contributed by atoms with E-state index in [-0.39, 0.29) is 31.0 Å². The molecule has 0 bridgehead atoms. The normalized spacial score (nSPS) is 13.7. The fourth-order valence-corrected chi connectivity index (χ4v) is 4.33. The van der Waals surface area contributed by atoms with Crippen molar-refractivity contribution in [2.24, 2.45) is 0 Å². The van der Waals surface area contributed by atoms with Crippen molar-refractivity contribution in [1.82, 2.24) is 25.1 Å². The topological polar surface area (TPSA) is 99.9 Å². The first-order valence-corrected chi connectivity index (χ1v) is 12.2. The number of aliphatic hydroxyl groups is 1. The van der Waals surface area contributed by atoms with Crippen LogP contribution in [-0.2, 0) is 31.9 Å². The van der Waals surface area contributed by atoms with Gasteiger partial charge in [-0.1, -0.05) is 6.07 Å². The third-order valence-corrected chi connectivity index (χ3v) is 6.26. The fraction of sp³-hybridized carbons (Fsp3) is 0.269. The summed E-state index contributed by atoms with van der Waals surface area (Å²) in [6.07, 6.45) is -4.53. The highest BCUT2D eigenvalue weighted by atomic mass is 19.4. The summed E-state index contributed by atoms with van der Waals surface area (Å²) in [5, 5.41) is 22.4. The van der Waals surface area contributed by atoms with Crippen LogP contribution in [0.15, 0.2) is 55.0 Å². The molecule has 0 radical (unpaired) electrons. The van der Waals surface area contributed by atoms with Crippen molar-refractivity contribution in [3.63, 3.8) is 0 Å². The van der Waals surface area contributed by atoms with Crippen molar-refractivity contribution >= 4 is 23.1 Å². The molecular weight excluding hydrogens is 540 g/mol. The predicted molar refractivity (Wildman–Crippen MR) is 135 cm³/mol. The molecule has 2 aromatic carbocycles. The van der Waals surface area contributed by atoms with Crippen molar-refractivity contribution < 1.29 is 31.4 Å². The van der Waals surface area contributed by atoms with E-state index < -0.39 is 29.2 Å². The number of fused-ring (bicyclic) bond motifs is 1. The molecule has 40 heavy (non-hydrogen) atoms. The summed E-state index contributed by atoms with van der Waals surface area (Å²) in [7, 11) is 0. The van der Waals surface area contributed by atoms with Crippen LogP contribution in [0, 0.1) is 0 Å². The number of aliphatic hydroxyl groups excluding tert-OH is 1. The van der Waals surface area contributed by atoms with Crippen molar-refractivity contribution in [2.75, 3.05) is 23.8 Å². The average molecular weight is 564 g/mol. The van der Waals surface area contributed by atoms with Gasteiger partial charge >= 0.3 is 12.4 Å². The number of alkyl halides is 6. The Labute approximate surface area is 224 Å². The van der Waals surface area contributed by atoms with E-state index in [4.69, 9.17) is 0 Å². The Bertz CT molecular complexity index is 1480. The van der Waals surface area contributed by atoms with Gasteiger partial charge in [0.15, 0.2) is 0 Å². The van der Waals surface area contributed by atoms with Gasteiger partial charge in [-0.05, 0) is 54.4 Å². The molecular formula is C26H23F6N7O. The lowest BCUT2D eigenvalue weighted by atomic mass is 10.0. The molecule has 0 fully saturated rings. The van der Waals surface area contributed by atoms with E-state index in [1.165, 1.54) is 22.6 Å². The lowest BCUT2D eigenvalue weighted by molar-refractivity contribution is -0.143. The summed E-state index contributed by atoms with van der Waals surface area (Å²) in [5.41, 5.74) is 0.629. The number of nitrogens with one attached hydrogen (secondary N) is 3. The molecule has 210 valence electrons. The Morgan fingerprint density at radius 2 is 1.65 bits per heavy atom. The van der Waals surface area contributed by atoms with Crippen LogP contribution < -0.4 is 16.0 Å². The summed E-state index contributed by atoms with van der Waals surface area (Å²) in [5.74, 6) is 0.0221. The smallest absolute Gasteiger partial charge is 0.394 e. The summed E-state index contributed by atoms with van der Waals surface area (Å²) < 4.78 is 81.5. The number of anilines is 4. The van der Waals surface area contributed by atoms with Crippen LogP contribution >= 0.6 is 0 Å². The third-order valence-electron chi connectivity index (χ3n) is 6.26. The van der Waals surface area contributed by atoms with Crippen molar-refractivity contribution in [2.45, 2.75) is 31.9 Å². The Kier molecular flexibility index (Phi) is 7.38. The lowest BCUT2D eigenvalue weighted by Gasteiger charge is -2.19. The number of rotatable bonds is 7. The second kappa shape index (κ2) is 10.8. The Morgan fingerprint density at radius 1 is 0.900 bits per heavy atom. The minimum absolute atomic E-state index is 0.0527. The van der Waals surface area contributed by atoms with Gasteiger partial charge in [-0.25, -0.2) is 4.98 Å². The SMILES string of the molecule is OCCn1cc(-c2cnc(Nc3cc(C(F)(F)F)cc(C(F)(F)F)c3)nc2Nc2ccc3c(c2)CNCC3)cn1. The molecule has 0 aliphatic carbocycles. The van der Waals surface area contributed by atoms with Crippen LogP contribution in [0.25, 0.3) is 11.1 Å². The van der Waals surface area contributed by atoms with Crippen molar-refractivity contribution in [3.05, 3.63) is 77.2 Å². The fourth-order valence-electron chi connectivity index (χ4n) is 4.33. The van der Waals surface area contributed by atoms with E-state index in [9.17, 15) is 31.4 Å². The largest absolute Gasteiger partial charge is 0.416 e. The molecule has 0 atom stereocenters. The molecule has 0 spiro atoms.